The van der Waals surface area contributed by atoms with Gasteiger partial charge in [0.05, 0.1) is 25.5 Å². The summed E-state index contributed by atoms with van der Waals surface area (Å²) < 4.78 is 18.9. The van der Waals surface area contributed by atoms with Crippen molar-refractivity contribution in [3.8, 4) is 33.3 Å². The van der Waals surface area contributed by atoms with Gasteiger partial charge in [0.2, 0.25) is 0 Å². The van der Waals surface area contributed by atoms with Gasteiger partial charge in [-0.05, 0) is 51.0 Å². The number of carbonyl (C=O) groups excluding carboxylic acids is 1. The molecule has 3 heterocycles. The van der Waals surface area contributed by atoms with Crippen molar-refractivity contribution in [1.82, 2.24) is 9.55 Å². The summed E-state index contributed by atoms with van der Waals surface area (Å²) in [4.78, 5) is 17.1. The number of aryl methyl sites for hydroxylation is 1. The quantitative estimate of drug-likeness (QED) is 0.544. The van der Waals surface area contributed by atoms with E-state index in [4.69, 9.17) is 14.2 Å². The molecule has 0 bridgehead atoms. The van der Waals surface area contributed by atoms with Crippen LogP contribution in [0.15, 0.2) is 29.8 Å². The topological polar surface area (TPSA) is 62.6 Å². The van der Waals surface area contributed by atoms with E-state index in [0.717, 1.165) is 39.6 Å². The number of thiazole rings is 1. The number of aromatic nitrogens is 2. The number of fused-ring (bicyclic) bond motifs is 3. The molecular weight excluding hydrogens is 388 g/mol. The normalized spacial score (nSPS) is 12.4. The highest BCUT2D eigenvalue weighted by molar-refractivity contribution is 7.13. The summed E-state index contributed by atoms with van der Waals surface area (Å²) in [5.41, 5.74) is 4.66. The molecule has 0 spiro atoms. The predicted octanol–water partition coefficient (Wildman–Crippen LogP) is 4.81. The van der Waals surface area contributed by atoms with E-state index < -0.39 is 0 Å². The molecule has 0 unspecified atom stereocenters. The molecule has 0 N–H and O–H groups in total. The van der Waals surface area contributed by atoms with Crippen LogP contribution in [-0.4, -0.2) is 35.3 Å². The number of benzene rings is 1. The first kappa shape index (κ1) is 19.5. The lowest BCUT2D eigenvalue weighted by Crippen LogP contribution is -2.18. The highest BCUT2D eigenvalue weighted by Crippen LogP contribution is 2.44. The van der Waals surface area contributed by atoms with Gasteiger partial charge < -0.3 is 18.8 Å². The van der Waals surface area contributed by atoms with Crippen molar-refractivity contribution in [2.75, 3.05) is 13.7 Å². The van der Waals surface area contributed by atoms with E-state index in [-0.39, 0.29) is 12.1 Å². The second kappa shape index (κ2) is 7.91. The minimum Gasteiger partial charge on any atom is -0.493 e. The molecule has 0 saturated carbocycles. The second-order valence-electron chi connectivity index (χ2n) is 7.08. The van der Waals surface area contributed by atoms with Crippen molar-refractivity contribution >= 4 is 17.3 Å². The molecule has 1 aromatic carbocycles. The Kier molecular flexibility index (Phi) is 5.32. The minimum atomic E-state index is -0.313. The van der Waals surface area contributed by atoms with Crippen LogP contribution in [0.25, 0.3) is 21.8 Å². The monoisotopic (exact) mass is 412 g/mol. The van der Waals surface area contributed by atoms with Gasteiger partial charge in [-0.25, -0.2) is 9.78 Å². The molecule has 2 aromatic heterocycles. The van der Waals surface area contributed by atoms with Crippen LogP contribution in [0.2, 0.25) is 0 Å². The zero-order chi connectivity index (χ0) is 20.5. The Bertz CT molecular complexity index is 1040. The molecule has 1 aliphatic heterocycles. The number of methoxy groups -OCH3 is 1. The molecule has 0 aliphatic carbocycles. The third-order valence-corrected chi connectivity index (χ3v) is 5.66. The SMILES string of the molecule is CCOC(=O)c1cc(-c2nccs2)c2n1CCc1cc(OC)c(OC(C)C)cc1-2. The van der Waals surface area contributed by atoms with E-state index in [1.165, 1.54) is 0 Å². The molecule has 1 aliphatic rings. The third kappa shape index (κ3) is 3.51. The van der Waals surface area contributed by atoms with Crippen LogP contribution in [0.5, 0.6) is 11.5 Å². The largest absolute Gasteiger partial charge is 0.493 e. The standard InChI is InChI=1S/C22H24N2O4S/c1-5-27-22(25)17-11-16(21-23-7-9-29-21)20-15-12-19(28-13(2)3)18(26-4)10-14(15)6-8-24(17)20/h7,9-13H,5-6,8H2,1-4H3. The van der Waals surface area contributed by atoms with Crippen molar-refractivity contribution in [3.05, 3.63) is 41.0 Å². The number of rotatable bonds is 6. The third-order valence-electron chi connectivity index (χ3n) is 4.86. The first-order valence-electron chi connectivity index (χ1n) is 9.71. The predicted molar refractivity (Wildman–Crippen MR) is 113 cm³/mol. The second-order valence-corrected chi connectivity index (χ2v) is 7.97. The van der Waals surface area contributed by atoms with Gasteiger partial charge in [-0.3, -0.25) is 0 Å². The average Bonchev–Trinajstić information content (AvgIpc) is 3.35. The number of esters is 1. The van der Waals surface area contributed by atoms with Gasteiger partial charge in [0, 0.05) is 29.2 Å². The number of nitrogens with zero attached hydrogens (tertiary/aromatic N) is 2. The maximum atomic E-state index is 12.6. The van der Waals surface area contributed by atoms with Crippen LogP contribution in [0.3, 0.4) is 0 Å². The van der Waals surface area contributed by atoms with E-state index in [0.29, 0.717) is 24.6 Å². The Hall–Kier alpha value is -2.80. The Morgan fingerprint density at radius 2 is 2.07 bits per heavy atom. The molecule has 4 rings (SSSR count). The molecule has 152 valence electrons. The van der Waals surface area contributed by atoms with Crippen LogP contribution in [0.1, 0.15) is 36.8 Å². The van der Waals surface area contributed by atoms with Gasteiger partial charge in [0.15, 0.2) is 11.5 Å². The fourth-order valence-electron chi connectivity index (χ4n) is 3.73. The van der Waals surface area contributed by atoms with E-state index in [2.05, 4.69) is 4.98 Å². The van der Waals surface area contributed by atoms with Crippen LogP contribution in [-0.2, 0) is 17.7 Å². The molecule has 0 atom stereocenters. The van der Waals surface area contributed by atoms with Crippen molar-refractivity contribution in [1.29, 1.82) is 0 Å². The number of ether oxygens (including phenoxy) is 3. The first-order valence-corrected chi connectivity index (χ1v) is 10.6. The lowest BCUT2D eigenvalue weighted by Gasteiger charge is -2.24. The van der Waals surface area contributed by atoms with Gasteiger partial charge in [-0.15, -0.1) is 11.3 Å². The van der Waals surface area contributed by atoms with Crippen LogP contribution < -0.4 is 9.47 Å². The molecule has 0 radical (unpaired) electrons. The van der Waals surface area contributed by atoms with Crippen LogP contribution in [0.4, 0.5) is 0 Å². The molecule has 7 heteroatoms. The summed E-state index contributed by atoms with van der Waals surface area (Å²) in [6.07, 6.45) is 2.59. The van der Waals surface area contributed by atoms with Crippen molar-refractivity contribution in [2.24, 2.45) is 0 Å². The average molecular weight is 413 g/mol. The Labute approximate surface area is 174 Å². The van der Waals surface area contributed by atoms with Crippen molar-refractivity contribution in [3.63, 3.8) is 0 Å². The highest BCUT2D eigenvalue weighted by atomic mass is 32.1. The Morgan fingerprint density at radius 1 is 1.24 bits per heavy atom. The van der Waals surface area contributed by atoms with Crippen LogP contribution in [0, 0.1) is 0 Å². The summed E-state index contributed by atoms with van der Waals surface area (Å²) in [5.74, 6) is 1.10. The molecular formula is C22H24N2O4S. The maximum Gasteiger partial charge on any atom is 0.354 e. The van der Waals surface area contributed by atoms with E-state index in [1.807, 2.05) is 48.9 Å². The van der Waals surface area contributed by atoms with Crippen molar-refractivity contribution < 1.29 is 19.0 Å². The number of hydrogen-bond acceptors (Lipinski definition) is 6. The van der Waals surface area contributed by atoms with Gasteiger partial charge in [-0.1, -0.05) is 0 Å². The Balaban J connectivity index is 1.94. The lowest BCUT2D eigenvalue weighted by atomic mass is 9.95. The number of carbonyl (C=O) groups is 1. The maximum absolute atomic E-state index is 12.6. The summed E-state index contributed by atoms with van der Waals surface area (Å²) >= 11 is 1.55. The van der Waals surface area contributed by atoms with Gasteiger partial charge in [-0.2, -0.15) is 0 Å². The van der Waals surface area contributed by atoms with E-state index in [1.54, 1.807) is 24.6 Å². The Morgan fingerprint density at radius 3 is 2.72 bits per heavy atom. The summed E-state index contributed by atoms with van der Waals surface area (Å²) in [5, 5.41) is 2.81. The van der Waals surface area contributed by atoms with Crippen LogP contribution >= 0.6 is 11.3 Å². The van der Waals surface area contributed by atoms with E-state index >= 15 is 0 Å². The fourth-order valence-corrected chi connectivity index (χ4v) is 4.39. The molecule has 29 heavy (non-hydrogen) atoms. The summed E-state index contributed by atoms with van der Waals surface area (Å²) in [6.45, 7) is 6.82. The first-order chi connectivity index (χ1) is 14.0. The smallest absolute Gasteiger partial charge is 0.354 e. The molecule has 3 aromatic rings. The van der Waals surface area contributed by atoms with Gasteiger partial charge >= 0.3 is 5.97 Å². The van der Waals surface area contributed by atoms with Gasteiger partial charge in [0.25, 0.3) is 0 Å². The zero-order valence-corrected chi connectivity index (χ0v) is 17.8. The minimum absolute atomic E-state index is 0.0193. The van der Waals surface area contributed by atoms with Gasteiger partial charge in [0.1, 0.15) is 10.7 Å². The number of hydrogen-bond donors (Lipinski definition) is 0. The van der Waals surface area contributed by atoms with Crippen molar-refractivity contribution in [2.45, 2.75) is 39.8 Å². The summed E-state index contributed by atoms with van der Waals surface area (Å²) in [7, 11) is 1.65. The summed E-state index contributed by atoms with van der Waals surface area (Å²) in [6, 6.07) is 5.96. The highest BCUT2D eigenvalue weighted by Gasteiger charge is 2.29. The molecule has 6 nitrogen and oxygen atoms in total. The zero-order valence-electron chi connectivity index (χ0n) is 17.0. The molecule has 0 fully saturated rings. The molecule has 0 saturated heterocycles. The molecule has 0 amide bonds. The lowest BCUT2D eigenvalue weighted by molar-refractivity contribution is 0.0514. The fraction of sp³-hybridized carbons (Fsp3) is 0.364. The van der Waals surface area contributed by atoms with E-state index in [9.17, 15) is 4.79 Å².